The van der Waals surface area contributed by atoms with Gasteiger partial charge in [-0.15, -0.1) is 0 Å². The Balaban J connectivity index is 2.03. The smallest absolute Gasteiger partial charge is 0.115 e. The summed E-state index contributed by atoms with van der Waals surface area (Å²) in [6, 6.07) is 5.36. The Bertz CT molecular complexity index is 1200. The number of hydrogen-bond donors (Lipinski definition) is 0. The zero-order valence-electron chi connectivity index (χ0n) is 15.7. The number of halogens is 3. The van der Waals surface area contributed by atoms with Crippen molar-refractivity contribution < 1.29 is 0 Å². The van der Waals surface area contributed by atoms with Gasteiger partial charge in [0, 0.05) is 36.6 Å². The molecular weight excluding hydrogens is 419 g/mol. The molecule has 0 aliphatic heterocycles. The lowest BCUT2D eigenvalue weighted by Crippen LogP contribution is -2.00. The van der Waals surface area contributed by atoms with Gasteiger partial charge in [0.05, 0.1) is 38.8 Å². The maximum Gasteiger partial charge on any atom is 0.115 e. The molecule has 3 aromatic heterocycles. The van der Waals surface area contributed by atoms with Crippen LogP contribution in [0.25, 0.3) is 28.2 Å². The largest absolute Gasteiger partial charge is 0.272 e. The van der Waals surface area contributed by atoms with Gasteiger partial charge in [-0.3, -0.25) is 9.36 Å². The Labute approximate surface area is 177 Å². The van der Waals surface area contributed by atoms with E-state index in [0.717, 1.165) is 33.9 Å². The molecule has 1 aromatic carbocycles. The summed E-state index contributed by atoms with van der Waals surface area (Å²) in [5.41, 5.74) is 5.84. The minimum absolute atomic E-state index is 0.443. The molecule has 0 amide bonds. The average Bonchev–Trinajstić information content (AvgIpc) is 3.28. The molecule has 0 unspecified atom stereocenters. The fourth-order valence-corrected chi connectivity index (χ4v) is 3.68. The summed E-state index contributed by atoms with van der Waals surface area (Å²) in [6.45, 7) is 3.96. The summed E-state index contributed by atoms with van der Waals surface area (Å²) in [4.78, 5) is 0. The van der Waals surface area contributed by atoms with Crippen LogP contribution in [0, 0.1) is 13.8 Å². The molecule has 0 fully saturated rings. The lowest BCUT2D eigenvalue weighted by Gasteiger charge is -2.09. The quantitative estimate of drug-likeness (QED) is 0.441. The van der Waals surface area contributed by atoms with E-state index in [1.165, 1.54) is 0 Å². The van der Waals surface area contributed by atoms with Crippen molar-refractivity contribution >= 4 is 34.8 Å². The molecule has 0 aliphatic carbocycles. The van der Waals surface area contributed by atoms with Crippen LogP contribution in [0.1, 0.15) is 11.4 Å². The third kappa shape index (κ3) is 2.92. The molecule has 0 atom stereocenters. The zero-order chi connectivity index (χ0) is 20.2. The molecule has 0 aliphatic rings. The van der Waals surface area contributed by atoms with Crippen LogP contribution >= 0.6 is 34.8 Å². The lowest BCUT2D eigenvalue weighted by molar-refractivity contribution is 0.740. The minimum Gasteiger partial charge on any atom is -0.272 e. The first-order valence-electron chi connectivity index (χ1n) is 8.51. The van der Waals surface area contributed by atoms with Crippen LogP contribution in [-0.4, -0.2) is 29.3 Å². The van der Waals surface area contributed by atoms with E-state index in [0.29, 0.717) is 20.8 Å². The molecule has 0 spiro atoms. The lowest BCUT2D eigenvalue weighted by atomic mass is 10.1. The Kier molecular flexibility index (Phi) is 4.73. The van der Waals surface area contributed by atoms with Gasteiger partial charge >= 0.3 is 0 Å². The van der Waals surface area contributed by atoms with Crippen molar-refractivity contribution in [3.63, 3.8) is 0 Å². The number of aromatic nitrogens is 6. The molecule has 3 heterocycles. The van der Waals surface area contributed by atoms with E-state index < -0.39 is 0 Å². The molecular formula is C19H17Cl3N6. The van der Waals surface area contributed by atoms with Gasteiger partial charge in [0.1, 0.15) is 5.69 Å². The van der Waals surface area contributed by atoms with E-state index in [2.05, 4.69) is 10.2 Å². The second-order valence-corrected chi connectivity index (χ2v) is 7.75. The zero-order valence-corrected chi connectivity index (χ0v) is 18.0. The minimum atomic E-state index is 0.443. The first kappa shape index (κ1) is 19.1. The van der Waals surface area contributed by atoms with Gasteiger partial charge < -0.3 is 0 Å². The Hall–Kier alpha value is -2.28. The molecule has 28 heavy (non-hydrogen) atoms. The summed E-state index contributed by atoms with van der Waals surface area (Å²) in [6.07, 6.45) is 3.55. The SMILES string of the molecule is Cc1c(-c2nn(-c3ccc(Cl)c(Cl)c3)c(-c3cnn(C)c3C)c2Cl)cnn1C. The number of benzene rings is 1. The average molecular weight is 436 g/mol. The molecule has 6 nitrogen and oxygen atoms in total. The Morgan fingerprint density at radius 2 is 1.43 bits per heavy atom. The predicted molar refractivity (Wildman–Crippen MR) is 112 cm³/mol. The first-order valence-corrected chi connectivity index (χ1v) is 9.65. The second kappa shape index (κ2) is 6.95. The Morgan fingerprint density at radius 3 is 1.96 bits per heavy atom. The third-order valence-corrected chi connectivity index (χ3v) is 6.05. The van der Waals surface area contributed by atoms with E-state index in [1.54, 1.807) is 38.6 Å². The number of aryl methyl sites for hydroxylation is 2. The second-order valence-electron chi connectivity index (χ2n) is 6.56. The molecule has 0 saturated carbocycles. The van der Waals surface area contributed by atoms with Gasteiger partial charge in [-0.25, -0.2) is 4.68 Å². The van der Waals surface area contributed by atoms with E-state index in [-0.39, 0.29) is 0 Å². The maximum atomic E-state index is 6.87. The van der Waals surface area contributed by atoms with E-state index in [9.17, 15) is 0 Å². The van der Waals surface area contributed by atoms with Gasteiger partial charge in [-0.05, 0) is 32.0 Å². The number of rotatable bonds is 3. The van der Waals surface area contributed by atoms with Crippen molar-refractivity contribution in [3.05, 3.63) is 57.0 Å². The summed E-state index contributed by atoms with van der Waals surface area (Å²) >= 11 is 19.2. The topological polar surface area (TPSA) is 53.5 Å². The van der Waals surface area contributed by atoms with Crippen LogP contribution < -0.4 is 0 Å². The highest BCUT2D eigenvalue weighted by Crippen LogP contribution is 2.40. The predicted octanol–water partition coefficient (Wildman–Crippen LogP) is 5.25. The van der Waals surface area contributed by atoms with Crippen LogP contribution in [0.5, 0.6) is 0 Å². The van der Waals surface area contributed by atoms with Gasteiger partial charge in [-0.1, -0.05) is 34.8 Å². The standard InChI is InChI=1S/C19H17Cl3N6/c1-10-13(8-23-26(10)3)18-17(22)19(14-9-24-27(4)11(14)2)28(25-18)12-5-6-15(20)16(21)7-12/h5-9H,1-4H3. The highest BCUT2D eigenvalue weighted by Gasteiger charge is 2.25. The molecule has 9 heteroatoms. The molecule has 4 rings (SSSR count). The third-order valence-electron chi connectivity index (χ3n) is 4.96. The van der Waals surface area contributed by atoms with E-state index in [1.807, 2.05) is 34.0 Å². The fourth-order valence-electron chi connectivity index (χ4n) is 3.07. The van der Waals surface area contributed by atoms with Crippen molar-refractivity contribution in [2.75, 3.05) is 0 Å². The monoisotopic (exact) mass is 434 g/mol. The molecule has 0 saturated heterocycles. The fraction of sp³-hybridized carbons (Fsp3) is 0.211. The summed E-state index contributed by atoms with van der Waals surface area (Å²) in [5, 5.41) is 14.9. The Morgan fingerprint density at radius 1 is 0.821 bits per heavy atom. The summed E-state index contributed by atoms with van der Waals surface area (Å²) < 4.78 is 5.36. The molecule has 0 N–H and O–H groups in total. The summed E-state index contributed by atoms with van der Waals surface area (Å²) in [5.74, 6) is 0. The van der Waals surface area contributed by atoms with Crippen LogP contribution in [0.2, 0.25) is 15.1 Å². The maximum absolute atomic E-state index is 6.87. The molecule has 4 aromatic rings. The van der Waals surface area contributed by atoms with Crippen molar-refractivity contribution in [1.29, 1.82) is 0 Å². The molecule has 144 valence electrons. The van der Waals surface area contributed by atoms with Crippen LogP contribution in [0.3, 0.4) is 0 Å². The van der Waals surface area contributed by atoms with E-state index in [4.69, 9.17) is 39.9 Å². The summed E-state index contributed by atoms with van der Waals surface area (Å²) in [7, 11) is 3.77. The van der Waals surface area contributed by atoms with Crippen LogP contribution in [0.15, 0.2) is 30.6 Å². The van der Waals surface area contributed by atoms with Crippen molar-refractivity contribution in [2.45, 2.75) is 13.8 Å². The van der Waals surface area contributed by atoms with Gasteiger partial charge in [0.15, 0.2) is 0 Å². The van der Waals surface area contributed by atoms with Crippen LogP contribution in [-0.2, 0) is 14.1 Å². The number of hydrogen-bond acceptors (Lipinski definition) is 3. The van der Waals surface area contributed by atoms with Crippen molar-refractivity contribution in [3.8, 4) is 28.2 Å². The van der Waals surface area contributed by atoms with Gasteiger partial charge in [0.25, 0.3) is 0 Å². The van der Waals surface area contributed by atoms with Crippen molar-refractivity contribution in [2.24, 2.45) is 14.1 Å². The highest BCUT2D eigenvalue weighted by atomic mass is 35.5. The highest BCUT2D eigenvalue weighted by molar-refractivity contribution is 6.42. The van der Waals surface area contributed by atoms with Crippen molar-refractivity contribution in [1.82, 2.24) is 29.3 Å². The van der Waals surface area contributed by atoms with E-state index >= 15 is 0 Å². The van der Waals surface area contributed by atoms with Gasteiger partial charge in [0.2, 0.25) is 0 Å². The van der Waals surface area contributed by atoms with Crippen LogP contribution in [0.4, 0.5) is 0 Å². The van der Waals surface area contributed by atoms with Gasteiger partial charge in [-0.2, -0.15) is 15.3 Å². The molecule has 0 bridgehead atoms. The number of nitrogens with zero attached hydrogens (tertiary/aromatic N) is 6. The normalized spacial score (nSPS) is 11.4. The molecule has 0 radical (unpaired) electrons. The first-order chi connectivity index (χ1) is 13.3.